The molecule has 1 saturated heterocycles. The van der Waals surface area contributed by atoms with Crippen molar-refractivity contribution in [2.24, 2.45) is 5.92 Å². The molecule has 1 aliphatic heterocycles. The maximum Gasteiger partial charge on any atom is 0.0221 e. The number of nitrogens with one attached hydrogen (secondary N) is 1. The molecule has 0 bridgehead atoms. The normalized spacial score (nSPS) is 31.5. The average Bonchev–Trinajstić information content (AvgIpc) is 2.39. The van der Waals surface area contributed by atoms with Gasteiger partial charge in [-0.3, -0.25) is 4.90 Å². The number of rotatable bonds is 3. The van der Waals surface area contributed by atoms with Gasteiger partial charge < -0.3 is 5.32 Å². The first-order valence-corrected chi connectivity index (χ1v) is 7.29. The second-order valence-corrected chi connectivity index (χ2v) is 5.64. The van der Waals surface area contributed by atoms with Gasteiger partial charge in [0.25, 0.3) is 0 Å². The Hall–Kier alpha value is -0.0800. The molecule has 2 aliphatic rings. The molecule has 0 aromatic heterocycles. The number of piperazine rings is 1. The predicted octanol–water partition coefficient (Wildman–Crippen LogP) is 2.64. The lowest BCUT2D eigenvalue weighted by Gasteiger charge is -2.44. The Balaban J connectivity index is 1.92. The van der Waals surface area contributed by atoms with Crippen molar-refractivity contribution in [1.29, 1.82) is 0 Å². The summed E-state index contributed by atoms with van der Waals surface area (Å²) >= 11 is 0. The maximum atomic E-state index is 3.53. The van der Waals surface area contributed by atoms with Gasteiger partial charge in [0, 0.05) is 31.7 Å². The van der Waals surface area contributed by atoms with Crippen molar-refractivity contribution in [2.45, 2.75) is 64.5 Å². The Morgan fingerprint density at radius 1 is 1.25 bits per heavy atom. The van der Waals surface area contributed by atoms with Gasteiger partial charge in [0.05, 0.1) is 0 Å². The number of hydrogen-bond acceptors (Lipinski definition) is 2. The summed E-state index contributed by atoms with van der Waals surface area (Å²) in [5, 5.41) is 3.53. The van der Waals surface area contributed by atoms with Gasteiger partial charge in [-0.25, -0.2) is 0 Å². The zero-order valence-corrected chi connectivity index (χ0v) is 11.0. The van der Waals surface area contributed by atoms with Crippen LogP contribution in [0.4, 0.5) is 0 Å². The molecule has 2 unspecified atom stereocenters. The van der Waals surface area contributed by atoms with Gasteiger partial charge in [-0.1, -0.05) is 26.2 Å². The lowest BCUT2D eigenvalue weighted by Crippen LogP contribution is -2.56. The van der Waals surface area contributed by atoms with Crippen LogP contribution in [0.3, 0.4) is 0 Å². The molecule has 2 atom stereocenters. The first-order chi connectivity index (χ1) is 7.83. The van der Waals surface area contributed by atoms with Gasteiger partial charge in [-0.05, 0) is 32.1 Å². The fourth-order valence-electron chi connectivity index (χ4n) is 3.58. The molecule has 1 aliphatic carbocycles. The molecule has 2 rings (SSSR count). The molecule has 94 valence electrons. The first kappa shape index (κ1) is 12.4. The van der Waals surface area contributed by atoms with E-state index in [2.05, 4.69) is 24.1 Å². The smallest absolute Gasteiger partial charge is 0.0221 e. The van der Waals surface area contributed by atoms with Gasteiger partial charge >= 0.3 is 0 Å². The summed E-state index contributed by atoms with van der Waals surface area (Å²) in [6.45, 7) is 8.46. The molecule has 0 spiro atoms. The van der Waals surface area contributed by atoms with Crippen LogP contribution in [-0.2, 0) is 0 Å². The molecule has 16 heavy (non-hydrogen) atoms. The Kier molecular flexibility index (Phi) is 4.66. The molecule has 0 aromatic carbocycles. The molecule has 1 heterocycles. The molecule has 2 nitrogen and oxygen atoms in total. The van der Waals surface area contributed by atoms with Gasteiger partial charge in [-0.2, -0.15) is 0 Å². The van der Waals surface area contributed by atoms with Crippen molar-refractivity contribution in [3.63, 3.8) is 0 Å². The summed E-state index contributed by atoms with van der Waals surface area (Å²) in [5.74, 6) is 0.973. The van der Waals surface area contributed by atoms with Gasteiger partial charge in [-0.15, -0.1) is 0 Å². The molecule has 0 aromatic rings. The fraction of sp³-hybridized carbons (Fsp3) is 1.00. The van der Waals surface area contributed by atoms with E-state index >= 15 is 0 Å². The summed E-state index contributed by atoms with van der Waals surface area (Å²) in [6, 6.07) is 1.60. The average molecular weight is 224 g/mol. The highest BCUT2D eigenvalue weighted by atomic mass is 15.2. The van der Waals surface area contributed by atoms with Crippen LogP contribution in [0.15, 0.2) is 0 Å². The second-order valence-electron chi connectivity index (χ2n) is 5.64. The summed E-state index contributed by atoms with van der Waals surface area (Å²) in [7, 11) is 0. The van der Waals surface area contributed by atoms with E-state index in [-0.39, 0.29) is 0 Å². The highest BCUT2D eigenvalue weighted by molar-refractivity contribution is 4.86. The Labute approximate surface area is 101 Å². The van der Waals surface area contributed by atoms with E-state index in [0.29, 0.717) is 0 Å². The summed E-state index contributed by atoms with van der Waals surface area (Å²) in [6.07, 6.45) is 8.66. The van der Waals surface area contributed by atoms with Crippen LogP contribution in [0.1, 0.15) is 52.4 Å². The van der Waals surface area contributed by atoms with E-state index in [9.17, 15) is 0 Å². The number of nitrogens with zero attached hydrogens (tertiary/aromatic N) is 1. The van der Waals surface area contributed by atoms with Gasteiger partial charge in [0.15, 0.2) is 0 Å². The fourth-order valence-corrected chi connectivity index (χ4v) is 3.58. The largest absolute Gasteiger partial charge is 0.314 e. The third-order valence-electron chi connectivity index (χ3n) is 4.72. The van der Waals surface area contributed by atoms with E-state index < -0.39 is 0 Å². The van der Waals surface area contributed by atoms with Crippen LogP contribution in [0, 0.1) is 5.92 Å². The van der Waals surface area contributed by atoms with Crippen molar-refractivity contribution in [1.82, 2.24) is 10.2 Å². The van der Waals surface area contributed by atoms with Crippen molar-refractivity contribution < 1.29 is 0 Å². The van der Waals surface area contributed by atoms with E-state index in [0.717, 1.165) is 18.0 Å². The maximum absolute atomic E-state index is 3.53. The van der Waals surface area contributed by atoms with Crippen molar-refractivity contribution in [3.05, 3.63) is 0 Å². The molecule has 2 heteroatoms. The van der Waals surface area contributed by atoms with Crippen LogP contribution in [0.5, 0.6) is 0 Å². The van der Waals surface area contributed by atoms with E-state index in [4.69, 9.17) is 0 Å². The van der Waals surface area contributed by atoms with Crippen LogP contribution >= 0.6 is 0 Å². The monoisotopic (exact) mass is 224 g/mol. The second kappa shape index (κ2) is 6.02. The minimum Gasteiger partial charge on any atom is -0.314 e. The molecule has 1 N–H and O–H groups in total. The topological polar surface area (TPSA) is 15.3 Å². The van der Waals surface area contributed by atoms with Gasteiger partial charge in [0.2, 0.25) is 0 Å². The highest BCUT2D eigenvalue weighted by Gasteiger charge is 2.30. The lowest BCUT2D eigenvalue weighted by atomic mass is 9.83. The minimum absolute atomic E-state index is 0.783. The van der Waals surface area contributed by atoms with Crippen molar-refractivity contribution in [3.8, 4) is 0 Å². The molecule has 0 radical (unpaired) electrons. The van der Waals surface area contributed by atoms with Crippen LogP contribution in [0.25, 0.3) is 0 Å². The number of hydrogen-bond donors (Lipinski definition) is 1. The molecule has 0 amide bonds. The highest BCUT2D eigenvalue weighted by Crippen LogP contribution is 2.30. The minimum atomic E-state index is 0.783. The van der Waals surface area contributed by atoms with E-state index in [1.165, 1.54) is 58.2 Å². The summed E-state index contributed by atoms with van der Waals surface area (Å²) in [5.41, 5.74) is 0. The Bertz CT molecular complexity index is 199. The van der Waals surface area contributed by atoms with Crippen molar-refractivity contribution in [2.75, 3.05) is 19.6 Å². The quantitative estimate of drug-likeness (QED) is 0.793. The van der Waals surface area contributed by atoms with E-state index in [1.807, 2.05) is 0 Å². The van der Waals surface area contributed by atoms with Gasteiger partial charge in [0.1, 0.15) is 0 Å². The SMILES string of the molecule is CCC1CNCCN1C(C)C1CCCCC1. The lowest BCUT2D eigenvalue weighted by molar-refractivity contribution is 0.0649. The zero-order chi connectivity index (χ0) is 11.4. The predicted molar refractivity (Wildman–Crippen MR) is 69.7 cm³/mol. The van der Waals surface area contributed by atoms with Crippen LogP contribution in [0.2, 0.25) is 0 Å². The summed E-state index contributed by atoms with van der Waals surface area (Å²) in [4.78, 5) is 2.78. The van der Waals surface area contributed by atoms with Crippen LogP contribution in [-0.4, -0.2) is 36.6 Å². The molecule has 1 saturated carbocycles. The third kappa shape index (κ3) is 2.78. The zero-order valence-electron chi connectivity index (χ0n) is 11.0. The first-order valence-electron chi connectivity index (χ1n) is 7.29. The Morgan fingerprint density at radius 2 is 2.00 bits per heavy atom. The van der Waals surface area contributed by atoms with Crippen molar-refractivity contribution >= 4 is 0 Å². The molecular weight excluding hydrogens is 196 g/mol. The summed E-state index contributed by atoms with van der Waals surface area (Å²) < 4.78 is 0. The van der Waals surface area contributed by atoms with Crippen LogP contribution < -0.4 is 5.32 Å². The standard InChI is InChI=1S/C14H28N2/c1-3-14-11-15-9-10-16(14)12(2)13-7-5-4-6-8-13/h12-15H,3-11H2,1-2H3. The third-order valence-corrected chi connectivity index (χ3v) is 4.72. The van der Waals surface area contributed by atoms with E-state index in [1.54, 1.807) is 0 Å². The molecular formula is C14H28N2. The molecule has 2 fully saturated rings. The Morgan fingerprint density at radius 3 is 2.69 bits per heavy atom.